The summed E-state index contributed by atoms with van der Waals surface area (Å²) >= 11 is 1.52. The molecule has 0 radical (unpaired) electrons. The van der Waals surface area contributed by atoms with Crippen LogP contribution in [0, 0.1) is 0 Å². The number of para-hydroxylation sites is 1. The van der Waals surface area contributed by atoms with Crippen LogP contribution in [0.15, 0.2) is 29.6 Å². The van der Waals surface area contributed by atoms with Gasteiger partial charge in [0.2, 0.25) is 0 Å². The number of hydrogen-bond donors (Lipinski definition) is 0. The van der Waals surface area contributed by atoms with E-state index in [1.165, 1.54) is 11.3 Å². The van der Waals surface area contributed by atoms with Gasteiger partial charge in [0.25, 0.3) is 0 Å². The van der Waals surface area contributed by atoms with Gasteiger partial charge in [-0.15, -0.1) is 11.3 Å². The van der Waals surface area contributed by atoms with Crippen LogP contribution >= 0.6 is 11.3 Å². The summed E-state index contributed by atoms with van der Waals surface area (Å²) in [6.45, 7) is 0. The molecular formula is C13H13NO2S. The molecule has 4 heteroatoms. The first-order valence-corrected chi connectivity index (χ1v) is 6.23. The van der Waals surface area contributed by atoms with E-state index in [1.807, 2.05) is 24.3 Å². The number of aromatic nitrogens is 1. The van der Waals surface area contributed by atoms with Crippen molar-refractivity contribution < 1.29 is 9.53 Å². The summed E-state index contributed by atoms with van der Waals surface area (Å²) < 4.78 is 5.29. The summed E-state index contributed by atoms with van der Waals surface area (Å²) in [6.07, 6.45) is 2.48. The van der Waals surface area contributed by atoms with Gasteiger partial charge in [-0.1, -0.05) is 18.2 Å². The minimum absolute atomic E-state index is 0.519. The van der Waals surface area contributed by atoms with E-state index in [9.17, 15) is 4.79 Å². The zero-order valence-electron chi connectivity index (χ0n) is 9.55. The van der Waals surface area contributed by atoms with E-state index in [-0.39, 0.29) is 0 Å². The smallest absolute Gasteiger partial charge is 0.169 e. The average Bonchev–Trinajstić information content (AvgIpc) is 2.84. The summed E-state index contributed by atoms with van der Waals surface area (Å²) in [5, 5.41) is 2.77. The van der Waals surface area contributed by atoms with E-state index in [2.05, 4.69) is 4.98 Å². The van der Waals surface area contributed by atoms with Gasteiger partial charge in [-0.25, -0.2) is 4.98 Å². The molecular weight excluding hydrogens is 234 g/mol. The second kappa shape index (κ2) is 5.59. The molecule has 0 unspecified atom stereocenters. The molecule has 0 atom stereocenters. The number of carbonyl (C=O) groups is 1. The first-order valence-electron chi connectivity index (χ1n) is 5.35. The first kappa shape index (κ1) is 11.8. The summed E-state index contributed by atoms with van der Waals surface area (Å²) in [6, 6.07) is 7.95. The van der Waals surface area contributed by atoms with E-state index in [0.717, 1.165) is 35.4 Å². The molecule has 0 aliphatic rings. The predicted molar refractivity (Wildman–Crippen MR) is 67.9 cm³/mol. The topological polar surface area (TPSA) is 39.2 Å². The van der Waals surface area contributed by atoms with Crippen LogP contribution in [0.2, 0.25) is 0 Å². The number of nitrogens with zero attached hydrogens (tertiary/aromatic N) is 1. The fraction of sp³-hybridized carbons (Fsp3) is 0.231. The van der Waals surface area contributed by atoms with Gasteiger partial charge in [-0.05, 0) is 18.1 Å². The Labute approximate surface area is 104 Å². The van der Waals surface area contributed by atoms with Crippen molar-refractivity contribution in [3.05, 3.63) is 45.9 Å². The molecule has 17 heavy (non-hydrogen) atoms. The van der Waals surface area contributed by atoms with Crippen molar-refractivity contribution in [2.24, 2.45) is 0 Å². The highest BCUT2D eigenvalue weighted by molar-refractivity contribution is 7.09. The molecule has 0 saturated heterocycles. The van der Waals surface area contributed by atoms with E-state index in [4.69, 9.17) is 4.74 Å². The summed E-state index contributed by atoms with van der Waals surface area (Å²) in [4.78, 5) is 14.7. The number of benzene rings is 1. The van der Waals surface area contributed by atoms with Crippen LogP contribution in [-0.4, -0.2) is 18.4 Å². The van der Waals surface area contributed by atoms with Gasteiger partial charge in [-0.3, -0.25) is 4.79 Å². The lowest BCUT2D eigenvalue weighted by Gasteiger charge is -2.06. The molecule has 0 saturated carbocycles. The minimum Gasteiger partial charge on any atom is -0.496 e. The normalized spacial score (nSPS) is 10.2. The van der Waals surface area contributed by atoms with E-state index >= 15 is 0 Å². The SMILES string of the molecule is COc1ccccc1CCc1nc(C=O)cs1. The predicted octanol–water partition coefficient (Wildman–Crippen LogP) is 2.75. The van der Waals surface area contributed by atoms with Crippen LogP contribution in [0.5, 0.6) is 5.75 Å². The van der Waals surface area contributed by atoms with Crippen molar-refractivity contribution in [2.75, 3.05) is 7.11 Å². The number of aldehydes is 1. The van der Waals surface area contributed by atoms with Crippen molar-refractivity contribution in [1.82, 2.24) is 4.98 Å². The lowest BCUT2D eigenvalue weighted by Crippen LogP contribution is -1.95. The Bertz CT molecular complexity index is 508. The fourth-order valence-electron chi connectivity index (χ4n) is 1.65. The Hall–Kier alpha value is -1.68. The summed E-state index contributed by atoms with van der Waals surface area (Å²) in [5.74, 6) is 0.902. The lowest BCUT2D eigenvalue weighted by molar-refractivity contribution is 0.111. The second-order valence-corrected chi connectivity index (χ2v) is 4.54. The monoisotopic (exact) mass is 247 g/mol. The molecule has 1 heterocycles. The molecule has 0 fully saturated rings. The number of thiazole rings is 1. The van der Waals surface area contributed by atoms with Crippen LogP contribution in [0.4, 0.5) is 0 Å². The molecule has 0 spiro atoms. The first-order chi connectivity index (χ1) is 8.33. The van der Waals surface area contributed by atoms with Gasteiger partial charge in [0.05, 0.1) is 12.1 Å². The highest BCUT2D eigenvalue weighted by Crippen LogP contribution is 2.20. The van der Waals surface area contributed by atoms with Crippen molar-refractivity contribution in [3.63, 3.8) is 0 Å². The third-order valence-corrected chi connectivity index (χ3v) is 3.42. The molecule has 2 rings (SSSR count). The standard InChI is InChI=1S/C13H13NO2S/c1-16-12-5-3-2-4-10(12)6-7-13-14-11(8-15)9-17-13/h2-5,8-9H,6-7H2,1H3. The number of hydrogen-bond acceptors (Lipinski definition) is 4. The molecule has 88 valence electrons. The maximum absolute atomic E-state index is 10.5. The van der Waals surface area contributed by atoms with Crippen molar-refractivity contribution in [1.29, 1.82) is 0 Å². The van der Waals surface area contributed by atoms with E-state index < -0.39 is 0 Å². The molecule has 3 nitrogen and oxygen atoms in total. The van der Waals surface area contributed by atoms with Gasteiger partial charge < -0.3 is 4.74 Å². The Balaban J connectivity index is 2.04. The van der Waals surface area contributed by atoms with Gasteiger partial charge in [0.1, 0.15) is 11.4 Å². The average molecular weight is 247 g/mol. The minimum atomic E-state index is 0.519. The van der Waals surface area contributed by atoms with Crippen LogP contribution in [0.3, 0.4) is 0 Å². The Kier molecular flexibility index (Phi) is 3.88. The van der Waals surface area contributed by atoms with Crippen LogP contribution in [0.25, 0.3) is 0 Å². The molecule has 1 aromatic carbocycles. The van der Waals surface area contributed by atoms with Crippen LogP contribution in [0.1, 0.15) is 21.1 Å². The van der Waals surface area contributed by atoms with Crippen LogP contribution in [-0.2, 0) is 12.8 Å². The van der Waals surface area contributed by atoms with E-state index in [1.54, 1.807) is 12.5 Å². The number of carbonyl (C=O) groups excluding carboxylic acids is 1. The third kappa shape index (κ3) is 2.91. The highest BCUT2D eigenvalue weighted by atomic mass is 32.1. The third-order valence-electron chi connectivity index (χ3n) is 2.49. The number of aryl methyl sites for hydroxylation is 2. The van der Waals surface area contributed by atoms with E-state index in [0.29, 0.717) is 5.69 Å². The Morgan fingerprint density at radius 3 is 2.88 bits per heavy atom. The van der Waals surface area contributed by atoms with Gasteiger partial charge in [-0.2, -0.15) is 0 Å². The second-order valence-electron chi connectivity index (χ2n) is 3.60. The molecule has 0 bridgehead atoms. The molecule has 0 amide bonds. The molecule has 0 aliphatic carbocycles. The number of methoxy groups -OCH3 is 1. The maximum atomic E-state index is 10.5. The van der Waals surface area contributed by atoms with Crippen molar-refractivity contribution >= 4 is 17.6 Å². The van der Waals surface area contributed by atoms with Gasteiger partial charge in [0.15, 0.2) is 6.29 Å². The quantitative estimate of drug-likeness (QED) is 0.763. The van der Waals surface area contributed by atoms with Gasteiger partial charge in [0, 0.05) is 11.8 Å². The Morgan fingerprint density at radius 2 is 2.18 bits per heavy atom. The zero-order chi connectivity index (χ0) is 12.1. The lowest BCUT2D eigenvalue weighted by atomic mass is 10.1. The summed E-state index contributed by atoms with van der Waals surface area (Å²) in [7, 11) is 1.67. The van der Waals surface area contributed by atoms with Crippen molar-refractivity contribution in [2.45, 2.75) is 12.8 Å². The molecule has 2 aromatic rings. The fourth-order valence-corrected chi connectivity index (χ4v) is 2.39. The highest BCUT2D eigenvalue weighted by Gasteiger charge is 2.05. The number of rotatable bonds is 5. The number of ether oxygens (including phenoxy) is 1. The maximum Gasteiger partial charge on any atom is 0.169 e. The van der Waals surface area contributed by atoms with Crippen LogP contribution < -0.4 is 4.74 Å². The van der Waals surface area contributed by atoms with Crippen molar-refractivity contribution in [3.8, 4) is 5.75 Å². The largest absolute Gasteiger partial charge is 0.496 e. The molecule has 0 N–H and O–H groups in total. The van der Waals surface area contributed by atoms with Gasteiger partial charge >= 0.3 is 0 Å². The summed E-state index contributed by atoms with van der Waals surface area (Å²) in [5.41, 5.74) is 1.68. The molecule has 1 aromatic heterocycles. The molecule has 0 aliphatic heterocycles. The zero-order valence-corrected chi connectivity index (χ0v) is 10.4. The Morgan fingerprint density at radius 1 is 1.35 bits per heavy atom.